The third-order valence-corrected chi connectivity index (χ3v) is 3.89. The zero-order valence-corrected chi connectivity index (χ0v) is 12.5. The van der Waals surface area contributed by atoms with Crippen molar-refractivity contribution in [1.29, 1.82) is 0 Å². The lowest BCUT2D eigenvalue weighted by atomic mass is 10.2. The summed E-state index contributed by atoms with van der Waals surface area (Å²) in [4.78, 5) is 22.6. The van der Waals surface area contributed by atoms with Crippen LogP contribution in [0.3, 0.4) is 0 Å². The van der Waals surface area contributed by atoms with Gasteiger partial charge in [-0.05, 0) is 25.0 Å². The molecule has 1 aliphatic rings. The Hall–Kier alpha value is -2.43. The summed E-state index contributed by atoms with van der Waals surface area (Å²) in [5.74, 6) is -0.227. The van der Waals surface area contributed by atoms with E-state index < -0.39 is 0 Å². The van der Waals surface area contributed by atoms with E-state index in [4.69, 9.17) is 0 Å². The number of anilines is 2. The molecule has 5 heteroatoms. The minimum absolute atomic E-state index is 0.227. The summed E-state index contributed by atoms with van der Waals surface area (Å²) in [6.07, 6.45) is 9.52. The van der Waals surface area contributed by atoms with Crippen molar-refractivity contribution in [3.63, 3.8) is 0 Å². The van der Waals surface area contributed by atoms with Crippen LogP contribution in [-0.4, -0.2) is 29.0 Å². The molecule has 2 heterocycles. The quantitative estimate of drug-likeness (QED) is 0.945. The summed E-state index contributed by atoms with van der Waals surface area (Å²) in [5, 5.41) is 2.96. The van der Waals surface area contributed by atoms with Crippen LogP contribution in [0.5, 0.6) is 0 Å². The van der Waals surface area contributed by atoms with E-state index in [9.17, 15) is 4.79 Å². The number of benzene rings is 1. The average molecular weight is 296 g/mol. The third-order valence-electron chi connectivity index (χ3n) is 3.89. The molecule has 0 aliphatic carbocycles. The van der Waals surface area contributed by atoms with Crippen LogP contribution in [-0.2, 0) is 0 Å². The van der Waals surface area contributed by atoms with E-state index in [2.05, 4.69) is 26.3 Å². The largest absolute Gasteiger partial charge is 0.370 e. The number of nitrogens with zero attached hydrogens (tertiary/aromatic N) is 3. The fourth-order valence-corrected chi connectivity index (χ4v) is 2.77. The van der Waals surface area contributed by atoms with Gasteiger partial charge in [-0.15, -0.1) is 0 Å². The fraction of sp³-hybridized carbons (Fsp3) is 0.353. The number of aromatic nitrogens is 2. The Morgan fingerprint density at radius 1 is 1.05 bits per heavy atom. The van der Waals surface area contributed by atoms with Crippen molar-refractivity contribution in [2.45, 2.75) is 25.7 Å². The van der Waals surface area contributed by atoms with Gasteiger partial charge in [0.2, 0.25) is 0 Å². The molecule has 0 saturated carbocycles. The van der Waals surface area contributed by atoms with Crippen LogP contribution < -0.4 is 10.2 Å². The van der Waals surface area contributed by atoms with Crippen molar-refractivity contribution >= 4 is 17.3 Å². The molecule has 0 bridgehead atoms. The Morgan fingerprint density at radius 2 is 1.82 bits per heavy atom. The lowest BCUT2D eigenvalue weighted by Crippen LogP contribution is -2.25. The molecule has 0 spiro atoms. The number of para-hydroxylation sites is 2. The molecule has 1 fully saturated rings. The molecule has 1 aliphatic heterocycles. The lowest BCUT2D eigenvalue weighted by molar-refractivity contribution is 0.102. The Morgan fingerprint density at radius 3 is 2.55 bits per heavy atom. The first-order chi connectivity index (χ1) is 10.8. The Kier molecular flexibility index (Phi) is 4.63. The van der Waals surface area contributed by atoms with Crippen LogP contribution in [0.4, 0.5) is 11.4 Å². The van der Waals surface area contributed by atoms with Crippen molar-refractivity contribution < 1.29 is 4.79 Å². The summed E-state index contributed by atoms with van der Waals surface area (Å²) in [5.41, 5.74) is 2.25. The summed E-state index contributed by atoms with van der Waals surface area (Å²) < 4.78 is 0. The summed E-state index contributed by atoms with van der Waals surface area (Å²) in [6.45, 7) is 2.08. The first-order valence-electron chi connectivity index (χ1n) is 7.76. The van der Waals surface area contributed by atoms with Crippen molar-refractivity contribution in [3.05, 3.63) is 48.5 Å². The SMILES string of the molecule is O=C(Nc1ccccc1N1CCCCCC1)c1cnccn1. The molecular formula is C17H20N4O. The second kappa shape index (κ2) is 7.02. The second-order valence-corrected chi connectivity index (χ2v) is 5.46. The predicted molar refractivity (Wildman–Crippen MR) is 87.1 cm³/mol. The predicted octanol–water partition coefficient (Wildman–Crippen LogP) is 3.11. The molecule has 2 aromatic rings. The number of carbonyl (C=O) groups excluding carboxylic acids is 1. The van der Waals surface area contributed by atoms with Gasteiger partial charge in [0.05, 0.1) is 17.6 Å². The molecule has 0 radical (unpaired) electrons. The molecule has 1 amide bonds. The van der Waals surface area contributed by atoms with Gasteiger partial charge in [0.1, 0.15) is 5.69 Å². The standard InChI is InChI=1S/C17H20N4O/c22-17(15-13-18-9-10-19-15)20-14-7-3-4-8-16(14)21-11-5-1-2-6-12-21/h3-4,7-10,13H,1-2,5-6,11-12H2,(H,20,22). The van der Waals surface area contributed by atoms with Crippen LogP contribution in [0.25, 0.3) is 0 Å². The van der Waals surface area contributed by atoms with Crippen molar-refractivity contribution in [1.82, 2.24) is 9.97 Å². The zero-order chi connectivity index (χ0) is 15.2. The topological polar surface area (TPSA) is 58.1 Å². The molecule has 0 unspecified atom stereocenters. The van der Waals surface area contributed by atoms with Gasteiger partial charge in [-0.2, -0.15) is 0 Å². The van der Waals surface area contributed by atoms with E-state index in [-0.39, 0.29) is 5.91 Å². The van der Waals surface area contributed by atoms with Gasteiger partial charge in [-0.1, -0.05) is 25.0 Å². The van der Waals surface area contributed by atoms with Crippen molar-refractivity contribution in [3.8, 4) is 0 Å². The molecule has 22 heavy (non-hydrogen) atoms. The van der Waals surface area contributed by atoms with Gasteiger partial charge < -0.3 is 10.2 Å². The number of amides is 1. The molecular weight excluding hydrogens is 276 g/mol. The maximum atomic E-state index is 12.3. The van der Waals surface area contributed by atoms with E-state index in [0.717, 1.165) is 24.5 Å². The Balaban J connectivity index is 1.80. The molecule has 5 nitrogen and oxygen atoms in total. The highest BCUT2D eigenvalue weighted by molar-refractivity contribution is 6.04. The van der Waals surface area contributed by atoms with Crippen molar-refractivity contribution in [2.24, 2.45) is 0 Å². The first kappa shape index (κ1) is 14.5. The monoisotopic (exact) mass is 296 g/mol. The number of rotatable bonds is 3. The maximum Gasteiger partial charge on any atom is 0.275 e. The van der Waals surface area contributed by atoms with E-state index in [1.165, 1.54) is 38.1 Å². The van der Waals surface area contributed by atoms with E-state index in [1.54, 1.807) is 6.20 Å². The number of hydrogen-bond acceptors (Lipinski definition) is 4. The van der Waals surface area contributed by atoms with Crippen LogP contribution >= 0.6 is 0 Å². The van der Waals surface area contributed by atoms with Gasteiger partial charge in [-0.3, -0.25) is 9.78 Å². The number of hydrogen-bond donors (Lipinski definition) is 1. The molecule has 3 rings (SSSR count). The second-order valence-electron chi connectivity index (χ2n) is 5.46. The van der Waals surface area contributed by atoms with Crippen LogP contribution in [0, 0.1) is 0 Å². The maximum absolute atomic E-state index is 12.3. The van der Waals surface area contributed by atoms with E-state index in [1.807, 2.05) is 18.2 Å². The van der Waals surface area contributed by atoms with Gasteiger partial charge in [-0.25, -0.2) is 4.98 Å². The highest BCUT2D eigenvalue weighted by atomic mass is 16.1. The molecule has 0 atom stereocenters. The third kappa shape index (κ3) is 3.42. The molecule has 1 saturated heterocycles. The van der Waals surface area contributed by atoms with Gasteiger partial charge in [0, 0.05) is 25.5 Å². The summed E-state index contributed by atoms with van der Waals surface area (Å²) in [7, 11) is 0. The number of nitrogens with one attached hydrogen (secondary N) is 1. The van der Waals surface area contributed by atoms with Gasteiger partial charge in [0.25, 0.3) is 5.91 Å². The molecule has 1 N–H and O–H groups in total. The smallest absolute Gasteiger partial charge is 0.275 e. The van der Waals surface area contributed by atoms with E-state index >= 15 is 0 Å². The Bertz CT molecular complexity index is 622. The average Bonchev–Trinajstić information content (AvgIpc) is 2.85. The zero-order valence-electron chi connectivity index (χ0n) is 12.5. The van der Waals surface area contributed by atoms with Crippen LogP contribution in [0.15, 0.2) is 42.9 Å². The lowest BCUT2D eigenvalue weighted by Gasteiger charge is -2.25. The van der Waals surface area contributed by atoms with Crippen LogP contribution in [0.1, 0.15) is 36.2 Å². The highest BCUT2D eigenvalue weighted by Gasteiger charge is 2.15. The number of carbonyl (C=O) groups is 1. The molecule has 114 valence electrons. The first-order valence-corrected chi connectivity index (χ1v) is 7.76. The van der Waals surface area contributed by atoms with Crippen LogP contribution in [0.2, 0.25) is 0 Å². The molecule has 1 aromatic heterocycles. The van der Waals surface area contributed by atoms with Gasteiger partial charge >= 0.3 is 0 Å². The van der Waals surface area contributed by atoms with Crippen molar-refractivity contribution in [2.75, 3.05) is 23.3 Å². The van der Waals surface area contributed by atoms with Gasteiger partial charge in [0.15, 0.2) is 0 Å². The fourth-order valence-electron chi connectivity index (χ4n) is 2.77. The van der Waals surface area contributed by atoms with E-state index in [0.29, 0.717) is 5.69 Å². The summed E-state index contributed by atoms with van der Waals surface area (Å²) in [6, 6.07) is 7.96. The normalized spacial score (nSPS) is 15.2. The summed E-state index contributed by atoms with van der Waals surface area (Å²) >= 11 is 0. The minimum atomic E-state index is -0.227. The molecule has 1 aromatic carbocycles. The minimum Gasteiger partial charge on any atom is -0.370 e. The highest BCUT2D eigenvalue weighted by Crippen LogP contribution is 2.28. The Labute approximate surface area is 130 Å².